The predicted molar refractivity (Wildman–Crippen MR) is 69.4 cm³/mol. The summed E-state index contributed by atoms with van der Waals surface area (Å²) in [5, 5.41) is 0.768. The first kappa shape index (κ1) is 14.9. The maximum Gasteiger partial charge on any atom is 0.349 e. The average Bonchev–Trinajstić information content (AvgIpc) is 2.87. The molecular weight excluding hydrogens is 256 g/mol. The monoisotopic (exact) mass is 274 g/mol. The van der Waals surface area contributed by atoms with Crippen LogP contribution in [0.4, 0.5) is 5.13 Å². The SMILES string of the molecule is COCCN(CCOC)c1ncc(C(=O)OC)s1. The first-order valence-corrected chi connectivity index (χ1v) is 6.31. The van der Waals surface area contributed by atoms with E-state index in [1.54, 1.807) is 14.2 Å². The van der Waals surface area contributed by atoms with Crippen molar-refractivity contribution in [2.45, 2.75) is 0 Å². The second-order valence-electron chi connectivity index (χ2n) is 3.47. The largest absolute Gasteiger partial charge is 0.465 e. The smallest absolute Gasteiger partial charge is 0.349 e. The third-order valence-electron chi connectivity index (χ3n) is 2.28. The highest BCUT2D eigenvalue weighted by Gasteiger charge is 2.15. The van der Waals surface area contributed by atoms with Crippen LogP contribution in [-0.2, 0) is 14.2 Å². The van der Waals surface area contributed by atoms with Crippen molar-refractivity contribution in [1.29, 1.82) is 0 Å². The third-order valence-corrected chi connectivity index (χ3v) is 3.32. The van der Waals surface area contributed by atoms with Crippen LogP contribution in [0, 0.1) is 0 Å². The molecule has 0 aliphatic carbocycles. The predicted octanol–water partition coefficient (Wildman–Crippen LogP) is 1.03. The Morgan fingerprint density at radius 1 is 1.28 bits per heavy atom. The van der Waals surface area contributed by atoms with Gasteiger partial charge in [0.25, 0.3) is 0 Å². The Morgan fingerprint density at radius 2 is 1.89 bits per heavy atom. The van der Waals surface area contributed by atoms with E-state index in [1.807, 2.05) is 4.90 Å². The van der Waals surface area contributed by atoms with E-state index in [4.69, 9.17) is 9.47 Å². The number of ether oxygens (including phenoxy) is 3. The Kier molecular flexibility index (Phi) is 6.63. The van der Waals surface area contributed by atoms with E-state index in [0.717, 1.165) is 5.13 Å². The van der Waals surface area contributed by atoms with Crippen LogP contribution in [0.1, 0.15) is 9.67 Å². The van der Waals surface area contributed by atoms with E-state index < -0.39 is 0 Å². The van der Waals surface area contributed by atoms with Crippen LogP contribution >= 0.6 is 11.3 Å². The number of hydrogen-bond donors (Lipinski definition) is 0. The van der Waals surface area contributed by atoms with E-state index in [-0.39, 0.29) is 5.97 Å². The number of methoxy groups -OCH3 is 3. The molecule has 0 N–H and O–H groups in total. The van der Waals surface area contributed by atoms with Crippen molar-refractivity contribution < 1.29 is 19.0 Å². The molecule has 0 radical (unpaired) electrons. The van der Waals surface area contributed by atoms with Gasteiger partial charge in [-0.25, -0.2) is 9.78 Å². The fourth-order valence-electron chi connectivity index (χ4n) is 1.31. The number of hydrogen-bond acceptors (Lipinski definition) is 7. The van der Waals surface area contributed by atoms with Gasteiger partial charge in [0.05, 0.1) is 26.5 Å². The molecule has 1 aromatic heterocycles. The lowest BCUT2D eigenvalue weighted by molar-refractivity contribution is 0.0606. The lowest BCUT2D eigenvalue weighted by Crippen LogP contribution is -2.30. The number of rotatable bonds is 8. The Morgan fingerprint density at radius 3 is 2.39 bits per heavy atom. The molecule has 7 heteroatoms. The second-order valence-corrected chi connectivity index (χ2v) is 4.48. The minimum absolute atomic E-state index is 0.364. The molecule has 0 unspecified atom stereocenters. The van der Waals surface area contributed by atoms with Gasteiger partial charge in [0.15, 0.2) is 5.13 Å². The number of aromatic nitrogens is 1. The van der Waals surface area contributed by atoms with Gasteiger partial charge in [0.1, 0.15) is 4.88 Å². The minimum Gasteiger partial charge on any atom is -0.465 e. The number of thiazole rings is 1. The number of anilines is 1. The van der Waals surface area contributed by atoms with Gasteiger partial charge in [-0.1, -0.05) is 11.3 Å². The second kappa shape index (κ2) is 8.02. The van der Waals surface area contributed by atoms with E-state index in [2.05, 4.69) is 9.72 Å². The van der Waals surface area contributed by atoms with Gasteiger partial charge in [-0.05, 0) is 0 Å². The number of nitrogens with zero attached hydrogens (tertiary/aromatic N) is 2. The highest BCUT2D eigenvalue weighted by molar-refractivity contribution is 7.17. The standard InChI is InChI=1S/C11H18N2O4S/c1-15-6-4-13(5-7-16-2)11-12-8-9(18-11)10(14)17-3/h8H,4-7H2,1-3H3. The van der Waals surface area contributed by atoms with Crippen LogP contribution in [0.5, 0.6) is 0 Å². The van der Waals surface area contributed by atoms with Crippen LogP contribution in [0.3, 0.4) is 0 Å². The van der Waals surface area contributed by atoms with Gasteiger partial charge < -0.3 is 19.1 Å². The van der Waals surface area contributed by atoms with Gasteiger partial charge in [-0.15, -0.1) is 0 Å². The lowest BCUT2D eigenvalue weighted by Gasteiger charge is -2.20. The lowest BCUT2D eigenvalue weighted by atomic mass is 10.5. The van der Waals surface area contributed by atoms with Crippen LogP contribution in [-0.4, -0.2) is 58.6 Å². The van der Waals surface area contributed by atoms with Gasteiger partial charge >= 0.3 is 5.97 Å². The molecule has 0 aromatic carbocycles. The van der Waals surface area contributed by atoms with Gasteiger partial charge in [0, 0.05) is 27.3 Å². The summed E-state index contributed by atoms with van der Waals surface area (Å²) in [7, 11) is 4.65. The van der Waals surface area contributed by atoms with E-state index >= 15 is 0 Å². The van der Waals surface area contributed by atoms with Crippen LogP contribution < -0.4 is 4.90 Å². The quantitative estimate of drug-likeness (QED) is 0.660. The van der Waals surface area contributed by atoms with E-state index in [0.29, 0.717) is 31.2 Å². The summed E-state index contributed by atoms with van der Waals surface area (Å²) in [5.41, 5.74) is 0. The van der Waals surface area contributed by atoms with Crippen molar-refractivity contribution in [2.75, 3.05) is 52.5 Å². The zero-order valence-corrected chi connectivity index (χ0v) is 11.7. The Bertz CT molecular complexity index is 362. The van der Waals surface area contributed by atoms with Crippen LogP contribution in [0.15, 0.2) is 6.20 Å². The molecular formula is C11H18N2O4S. The van der Waals surface area contributed by atoms with Crippen LogP contribution in [0.2, 0.25) is 0 Å². The summed E-state index contributed by atoms with van der Waals surface area (Å²) in [6, 6.07) is 0. The highest BCUT2D eigenvalue weighted by Crippen LogP contribution is 2.22. The van der Waals surface area contributed by atoms with Crippen molar-refractivity contribution in [3.63, 3.8) is 0 Å². The maximum absolute atomic E-state index is 11.4. The molecule has 102 valence electrons. The molecule has 0 bridgehead atoms. The van der Waals surface area contributed by atoms with Crippen molar-refractivity contribution in [3.8, 4) is 0 Å². The molecule has 0 aliphatic rings. The van der Waals surface area contributed by atoms with E-state index in [1.165, 1.54) is 24.6 Å². The summed E-state index contributed by atoms with van der Waals surface area (Å²) >= 11 is 1.30. The zero-order chi connectivity index (χ0) is 13.4. The summed E-state index contributed by atoms with van der Waals surface area (Å²) in [5.74, 6) is -0.364. The average molecular weight is 274 g/mol. The summed E-state index contributed by atoms with van der Waals surface area (Å²) in [6.07, 6.45) is 1.53. The number of carbonyl (C=O) groups excluding carboxylic acids is 1. The molecule has 0 saturated heterocycles. The molecule has 0 atom stereocenters. The number of esters is 1. The molecule has 6 nitrogen and oxygen atoms in total. The molecule has 0 saturated carbocycles. The molecule has 0 aliphatic heterocycles. The Hall–Kier alpha value is -1.18. The first-order chi connectivity index (χ1) is 8.72. The molecule has 1 aromatic rings. The molecule has 0 fully saturated rings. The molecule has 0 amide bonds. The normalized spacial score (nSPS) is 10.4. The van der Waals surface area contributed by atoms with Crippen molar-refractivity contribution in [1.82, 2.24) is 4.98 Å². The van der Waals surface area contributed by atoms with Crippen molar-refractivity contribution >= 4 is 22.4 Å². The van der Waals surface area contributed by atoms with E-state index in [9.17, 15) is 4.79 Å². The molecule has 18 heavy (non-hydrogen) atoms. The van der Waals surface area contributed by atoms with Gasteiger partial charge in [-0.3, -0.25) is 0 Å². The van der Waals surface area contributed by atoms with Crippen molar-refractivity contribution in [2.24, 2.45) is 0 Å². The minimum atomic E-state index is -0.364. The Labute approximate surface area is 110 Å². The van der Waals surface area contributed by atoms with Gasteiger partial charge in [0.2, 0.25) is 0 Å². The third kappa shape index (κ3) is 4.25. The molecule has 0 spiro atoms. The summed E-state index contributed by atoms with van der Waals surface area (Å²) in [6.45, 7) is 2.59. The van der Waals surface area contributed by atoms with Gasteiger partial charge in [-0.2, -0.15) is 0 Å². The highest BCUT2D eigenvalue weighted by atomic mass is 32.1. The fourth-order valence-corrected chi connectivity index (χ4v) is 2.20. The molecule has 1 heterocycles. The topological polar surface area (TPSA) is 60.9 Å². The van der Waals surface area contributed by atoms with Crippen molar-refractivity contribution in [3.05, 3.63) is 11.1 Å². The fraction of sp³-hybridized carbons (Fsp3) is 0.636. The van der Waals surface area contributed by atoms with Crippen LogP contribution in [0.25, 0.3) is 0 Å². The Balaban J connectivity index is 2.70. The maximum atomic E-state index is 11.4. The zero-order valence-electron chi connectivity index (χ0n) is 10.8. The summed E-state index contributed by atoms with van der Waals surface area (Å²) in [4.78, 5) is 18.1. The number of carbonyl (C=O) groups is 1. The first-order valence-electron chi connectivity index (χ1n) is 5.50. The molecule has 1 rings (SSSR count). The summed E-state index contributed by atoms with van der Waals surface area (Å²) < 4.78 is 14.8.